The highest BCUT2D eigenvalue weighted by molar-refractivity contribution is 6.07. The highest BCUT2D eigenvalue weighted by atomic mass is 16.5. The molecule has 3 aromatic heterocycles. The van der Waals surface area contributed by atoms with Gasteiger partial charge in [0, 0.05) is 6.20 Å². The lowest BCUT2D eigenvalue weighted by molar-refractivity contribution is 0.0458. The van der Waals surface area contributed by atoms with Crippen LogP contribution >= 0.6 is 0 Å². The van der Waals surface area contributed by atoms with Gasteiger partial charge < -0.3 is 24.4 Å². The summed E-state index contributed by atoms with van der Waals surface area (Å²) in [5.74, 6) is 0.0135. The van der Waals surface area contributed by atoms with Crippen LogP contribution in [-0.4, -0.2) is 33.5 Å². The van der Waals surface area contributed by atoms with Crippen LogP contribution < -0.4 is 10.5 Å². The van der Waals surface area contributed by atoms with Gasteiger partial charge in [0.1, 0.15) is 34.2 Å². The number of pyridine rings is 1. The average Bonchev–Trinajstić information content (AvgIpc) is 3.15. The van der Waals surface area contributed by atoms with Crippen LogP contribution in [0.15, 0.2) is 53.2 Å². The van der Waals surface area contributed by atoms with Crippen LogP contribution in [0.1, 0.15) is 39.2 Å². The fraction of sp³-hybridized carbons (Fsp3) is 0.174. The normalized spacial score (nSPS) is 10.7. The van der Waals surface area contributed by atoms with Gasteiger partial charge in [0.05, 0.1) is 18.2 Å². The molecule has 0 saturated carbocycles. The van der Waals surface area contributed by atoms with Gasteiger partial charge in [0.15, 0.2) is 12.4 Å². The molecular formula is C23H20N4O6. The molecule has 0 aliphatic heterocycles. The number of nitrogens with zero attached hydrogens (tertiary/aromatic N) is 3. The second-order valence-corrected chi connectivity index (χ2v) is 6.82. The Kier molecular flexibility index (Phi) is 6.16. The van der Waals surface area contributed by atoms with E-state index in [1.54, 1.807) is 56.4 Å². The first kappa shape index (κ1) is 21.8. The minimum absolute atomic E-state index is 0.0197. The SMILES string of the molecule is CCOC(=O)c1c(C)oc2nc(COC(=O)c3ccccc3Oc3cccnc3)nc(N)c12. The van der Waals surface area contributed by atoms with E-state index >= 15 is 0 Å². The van der Waals surface area contributed by atoms with Gasteiger partial charge >= 0.3 is 11.9 Å². The molecule has 0 spiro atoms. The lowest BCUT2D eigenvalue weighted by Crippen LogP contribution is -2.10. The predicted octanol–water partition coefficient (Wildman–Crippen LogP) is 3.83. The van der Waals surface area contributed by atoms with Crippen molar-refractivity contribution in [3.8, 4) is 11.5 Å². The molecule has 168 valence electrons. The molecule has 0 radical (unpaired) electrons. The van der Waals surface area contributed by atoms with Crippen molar-refractivity contribution in [1.29, 1.82) is 0 Å². The number of nitrogen functional groups attached to an aromatic ring is 1. The van der Waals surface area contributed by atoms with Crippen molar-refractivity contribution in [3.05, 3.63) is 71.5 Å². The minimum Gasteiger partial charge on any atom is -0.462 e. The number of ether oxygens (including phenoxy) is 3. The van der Waals surface area contributed by atoms with Crippen molar-refractivity contribution < 1.29 is 28.2 Å². The summed E-state index contributed by atoms with van der Waals surface area (Å²) in [7, 11) is 0. The molecule has 0 bridgehead atoms. The number of hydrogen-bond acceptors (Lipinski definition) is 10. The second-order valence-electron chi connectivity index (χ2n) is 6.82. The highest BCUT2D eigenvalue weighted by Gasteiger charge is 2.24. The number of rotatable bonds is 7. The third-order valence-electron chi connectivity index (χ3n) is 4.58. The van der Waals surface area contributed by atoms with Crippen molar-refractivity contribution in [3.63, 3.8) is 0 Å². The zero-order chi connectivity index (χ0) is 23.4. The van der Waals surface area contributed by atoms with E-state index in [1.165, 1.54) is 6.20 Å². The molecule has 10 heteroatoms. The molecule has 0 aliphatic rings. The number of carbonyl (C=O) groups is 2. The lowest BCUT2D eigenvalue weighted by atomic mass is 10.2. The first-order valence-electron chi connectivity index (χ1n) is 10.0. The number of anilines is 1. The Labute approximate surface area is 188 Å². The van der Waals surface area contributed by atoms with Gasteiger partial charge in [-0.05, 0) is 38.1 Å². The Bertz CT molecular complexity index is 1320. The fourth-order valence-corrected chi connectivity index (χ4v) is 3.16. The number of furan rings is 1. The van der Waals surface area contributed by atoms with Gasteiger partial charge in [0.25, 0.3) is 0 Å². The third kappa shape index (κ3) is 4.59. The zero-order valence-electron chi connectivity index (χ0n) is 17.9. The van der Waals surface area contributed by atoms with Crippen LogP contribution in [0.4, 0.5) is 5.82 Å². The number of nitrogens with two attached hydrogens (primary N) is 1. The Balaban J connectivity index is 1.54. The van der Waals surface area contributed by atoms with Gasteiger partial charge in [-0.25, -0.2) is 14.6 Å². The van der Waals surface area contributed by atoms with E-state index in [0.29, 0.717) is 17.3 Å². The standard InChI is InChI=1S/C23H20N4O6/c1-3-30-23(29)18-13(2)32-21-19(18)20(24)26-17(27-21)12-31-22(28)15-8-4-5-9-16(15)33-14-7-6-10-25-11-14/h4-11H,3,12H2,1-2H3,(H2,24,26,27). The topological polar surface area (TPSA) is 140 Å². The van der Waals surface area contributed by atoms with Crippen LogP contribution in [-0.2, 0) is 16.1 Å². The average molecular weight is 448 g/mol. The van der Waals surface area contributed by atoms with E-state index in [2.05, 4.69) is 15.0 Å². The van der Waals surface area contributed by atoms with Crippen molar-refractivity contribution in [2.45, 2.75) is 20.5 Å². The van der Waals surface area contributed by atoms with Gasteiger partial charge in [-0.1, -0.05) is 12.1 Å². The molecule has 10 nitrogen and oxygen atoms in total. The summed E-state index contributed by atoms with van der Waals surface area (Å²) >= 11 is 0. The molecule has 0 fully saturated rings. The smallest absolute Gasteiger partial charge is 0.342 e. The highest BCUT2D eigenvalue weighted by Crippen LogP contribution is 2.29. The molecule has 4 aromatic rings. The quantitative estimate of drug-likeness (QED) is 0.415. The maximum atomic E-state index is 12.7. The van der Waals surface area contributed by atoms with Crippen LogP contribution in [0.2, 0.25) is 0 Å². The molecule has 2 N–H and O–H groups in total. The number of fused-ring (bicyclic) bond motifs is 1. The number of para-hydroxylation sites is 1. The number of aromatic nitrogens is 3. The van der Waals surface area contributed by atoms with E-state index in [0.717, 1.165) is 0 Å². The summed E-state index contributed by atoms with van der Waals surface area (Å²) in [6, 6.07) is 10.1. The minimum atomic E-state index is -0.639. The van der Waals surface area contributed by atoms with Crippen molar-refractivity contribution in [2.75, 3.05) is 12.3 Å². The van der Waals surface area contributed by atoms with E-state index in [-0.39, 0.29) is 47.1 Å². The number of carbonyl (C=O) groups excluding carboxylic acids is 2. The first-order valence-corrected chi connectivity index (χ1v) is 10.0. The van der Waals surface area contributed by atoms with Gasteiger partial charge in [-0.15, -0.1) is 0 Å². The van der Waals surface area contributed by atoms with Gasteiger partial charge in [0.2, 0.25) is 5.71 Å². The van der Waals surface area contributed by atoms with Crippen LogP contribution in [0.5, 0.6) is 11.5 Å². The first-order chi connectivity index (χ1) is 16.0. The summed E-state index contributed by atoms with van der Waals surface area (Å²) in [6.45, 7) is 3.23. The molecule has 3 heterocycles. The number of esters is 2. The molecule has 0 unspecified atom stereocenters. The van der Waals surface area contributed by atoms with Crippen molar-refractivity contribution in [1.82, 2.24) is 15.0 Å². The summed E-state index contributed by atoms with van der Waals surface area (Å²) < 4.78 is 21.7. The van der Waals surface area contributed by atoms with Gasteiger partial charge in [-0.2, -0.15) is 4.98 Å². The molecule has 0 amide bonds. The third-order valence-corrected chi connectivity index (χ3v) is 4.58. The summed E-state index contributed by atoms with van der Waals surface area (Å²) in [5.41, 5.74) is 6.55. The van der Waals surface area contributed by atoms with Crippen molar-refractivity contribution in [2.24, 2.45) is 0 Å². The molecule has 0 saturated heterocycles. The summed E-state index contributed by atoms with van der Waals surface area (Å²) in [4.78, 5) is 37.3. The molecule has 0 aliphatic carbocycles. The van der Waals surface area contributed by atoms with E-state index in [9.17, 15) is 9.59 Å². The number of benzene rings is 1. The Morgan fingerprint density at radius 2 is 1.88 bits per heavy atom. The van der Waals surface area contributed by atoms with E-state index in [4.69, 9.17) is 24.4 Å². The molecule has 4 rings (SSSR count). The zero-order valence-corrected chi connectivity index (χ0v) is 17.9. The predicted molar refractivity (Wildman–Crippen MR) is 117 cm³/mol. The van der Waals surface area contributed by atoms with E-state index < -0.39 is 11.9 Å². The second kappa shape index (κ2) is 9.35. The van der Waals surface area contributed by atoms with Crippen LogP contribution in [0.25, 0.3) is 11.1 Å². The summed E-state index contributed by atoms with van der Waals surface area (Å²) in [6.07, 6.45) is 3.15. The Morgan fingerprint density at radius 3 is 2.64 bits per heavy atom. The molecular weight excluding hydrogens is 428 g/mol. The lowest BCUT2D eigenvalue weighted by Gasteiger charge is -2.10. The van der Waals surface area contributed by atoms with Crippen LogP contribution in [0, 0.1) is 6.92 Å². The van der Waals surface area contributed by atoms with Crippen molar-refractivity contribution >= 4 is 28.9 Å². The molecule has 1 aromatic carbocycles. The molecule has 0 atom stereocenters. The number of aryl methyl sites for hydroxylation is 1. The maximum absolute atomic E-state index is 12.7. The Hall–Kier alpha value is -4.47. The molecule has 33 heavy (non-hydrogen) atoms. The Morgan fingerprint density at radius 1 is 1.06 bits per heavy atom. The fourth-order valence-electron chi connectivity index (χ4n) is 3.16. The monoisotopic (exact) mass is 448 g/mol. The van der Waals surface area contributed by atoms with Crippen LogP contribution in [0.3, 0.4) is 0 Å². The van der Waals surface area contributed by atoms with Gasteiger partial charge in [-0.3, -0.25) is 4.98 Å². The summed E-state index contributed by atoms with van der Waals surface area (Å²) in [5, 5.41) is 0.260. The van der Waals surface area contributed by atoms with E-state index in [1.807, 2.05) is 0 Å². The number of hydrogen-bond donors (Lipinski definition) is 1. The maximum Gasteiger partial charge on any atom is 0.342 e. The largest absolute Gasteiger partial charge is 0.462 e.